The molecular formula is C33H62N2O32P2. The van der Waals surface area contributed by atoms with Crippen LogP contribution >= 0.6 is 15.6 Å². The van der Waals surface area contributed by atoms with E-state index in [0.29, 0.717) is 0 Å². The second-order valence-electron chi connectivity index (χ2n) is 15.9. The zero-order chi connectivity index (χ0) is 51.9. The van der Waals surface area contributed by atoms with E-state index in [-0.39, 0.29) is 13.1 Å². The van der Waals surface area contributed by atoms with Crippen molar-refractivity contribution < 1.29 is 157 Å². The number of phosphoric acid groups is 2. The molecule has 4 saturated heterocycles. The fourth-order valence-corrected chi connectivity index (χ4v) is 9.39. The Labute approximate surface area is 389 Å². The molecule has 2 unspecified atom stereocenters. The van der Waals surface area contributed by atoms with Crippen LogP contribution in [0.25, 0.3) is 0 Å². The summed E-state index contributed by atoms with van der Waals surface area (Å²) >= 11 is 0. The maximum atomic E-state index is 12.9. The first-order valence-electron chi connectivity index (χ1n) is 20.8. The zero-order valence-corrected chi connectivity index (χ0v) is 37.7. The monoisotopic (exact) mass is 1060 g/mol. The topological polar surface area (TPSA) is 569 Å². The van der Waals surface area contributed by atoms with Crippen LogP contribution in [0.2, 0.25) is 0 Å². The van der Waals surface area contributed by atoms with E-state index in [4.69, 9.17) is 58.2 Å². The molecule has 22 N–H and O–H groups in total. The molecule has 0 amide bonds. The summed E-state index contributed by atoms with van der Waals surface area (Å²) in [4.78, 5) is 32.9. The third kappa shape index (κ3) is 14.5. The van der Waals surface area contributed by atoms with E-state index in [0.717, 1.165) is 0 Å². The molecule has 0 aromatic rings. The van der Waals surface area contributed by atoms with Gasteiger partial charge in [-0.05, 0) is 0 Å². The third-order valence-electron chi connectivity index (χ3n) is 11.0. The summed E-state index contributed by atoms with van der Waals surface area (Å²) in [5.41, 5.74) is 10.6. The Balaban J connectivity index is 1.81. The van der Waals surface area contributed by atoms with Crippen molar-refractivity contribution in [2.75, 3.05) is 52.7 Å². The van der Waals surface area contributed by atoms with Crippen LogP contribution in [0.3, 0.4) is 0 Å². The molecule has 4 heterocycles. The van der Waals surface area contributed by atoms with Crippen LogP contribution < -0.4 is 11.5 Å². The molecule has 0 saturated carbocycles. The molecular weight excluding hydrogens is 998 g/mol. The number of nitrogens with two attached hydrogens (primary N) is 2. The van der Waals surface area contributed by atoms with Crippen LogP contribution in [-0.4, -0.2) is 291 Å². The van der Waals surface area contributed by atoms with E-state index in [1.165, 1.54) is 0 Å². The lowest BCUT2D eigenvalue weighted by Gasteiger charge is -2.51. The summed E-state index contributed by atoms with van der Waals surface area (Å²) in [5.74, 6) is -5.54. The number of hydrogen-bond acceptors (Lipinski definition) is 31. The van der Waals surface area contributed by atoms with Gasteiger partial charge in [-0.25, -0.2) is 13.9 Å². The molecule has 0 spiro atoms. The van der Waals surface area contributed by atoms with Crippen molar-refractivity contribution in [2.24, 2.45) is 11.5 Å². The molecule has 0 radical (unpaired) electrons. The Hall–Kier alpha value is -1.27. The highest BCUT2D eigenvalue weighted by Gasteiger charge is 2.60. The number of phosphoric ester groups is 2. The molecule has 406 valence electrons. The minimum atomic E-state index is -5.34. The van der Waals surface area contributed by atoms with Crippen LogP contribution in [0.5, 0.6) is 0 Å². The van der Waals surface area contributed by atoms with E-state index >= 15 is 0 Å². The predicted molar refractivity (Wildman–Crippen MR) is 210 cm³/mol. The smallest absolute Gasteiger partial charge is 0.472 e. The van der Waals surface area contributed by atoms with Gasteiger partial charge in [0.15, 0.2) is 18.9 Å². The number of aliphatic carboxylic acids is 1. The van der Waals surface area contributed by atoms with Crippen LogP contribution in [0.15, 0.2) is 0 Å². The van der Waals surface area contributed by atoms with E-state index in [1.54, 1.807) is 0 Å². The van der Waals surface area contributed by atoms with Gasteiger partial charge in [-0.3, -0.25) is 18.1 Å². The van der Waals surface area contributed by atoms with E-state index in [9.17, 15) is 105 Å². The van der Waals surface area contributed by atoms with E-state index in [2.05, 4.69) is 4.52 Å². The third-order valence-corrected chi connectivity index (χ3v) is 13.1. The summed E-state index contributed by atoms with van der Waals surface area (Å²) in [5, 5.41) is 170. The molecule has 4 fully saturated rings. The number of aliphatic hydroxyl groups excluding tert-OH is 14. The van der Waals surface area contributed by atoms with Gasteiger partial charge in [0.2, 0.25) is 0 Å². The van der Waals surface area contributed by atoms with Crippen LogP contribution in [0.1, 0.15) is 6.42 Å². The van der Waals surface area contributed by atoms with Crippen molar-refractivity contribution in [2.45, 2.75) is 147 Å². The minimum Gasteiger partial charge on any atom is -0.477 e. The van der Waals surface area contributed by atoms with Crippen molar-refractivity contribution >= 4 is 21.6 Å². The number of carbonyl (C=O) groups is 1. The molecule has 4 aliphatic heterocycles. The van der Waals surface area contributed by atoms with Crippen molar-refractivity contribution in [1.82, 2.24) is 0 Å². The lowest BCUT2D eigenvalue weighted by molar-refractivity contribution is -0.401. The van der Waals surface area contributed by atoms with Gasteiger partial charge in [-0.15, -0.1) is 0 Å². The minimum absolute atomic E-state index is 0.322. The number of rotatable bonds is 25. The first-order chi connectivity index (χ1) is 32.2. The van der Waals surface area contributed by atoms with Gasteiger partial charge >= 0.3 is 21.6 Å². The Bertz CT molecular complexity index is 1700. The highest BCUT2D eigenvalue weighted by Crippen LogP contribution is 2.49. The summed E-state index contributed by atoms with van der Waals surface area (Å²) in [6, 6.07) is 0. The van der Waals surface area contributed by atoms with Crippen molar-refractivity contribution in [3.8, 4) is 0 Å². The van der Waals surface area contributed by atoms with Gasteiger partial charge in [-0.1, -0.05) is 0 Å². The molecule has 0 aromatic carbocycles. The maximum absolute atomic E-state index is 12.9. The number of carboxylic acid groups (broad SMARTS) is 1. The number of hydrogen-bond donors (Lipinski definition) is 20. The number of ether oxygens (including phenoxy) is 7. The summed E-state index contributed by atoms with van der Waals surface area (Å²) in [6.07, 6.45) is -52.0. The van der Waals surface area contributed by atoms with Gasteiger partial charge in [0, 0.05) is 19.5 Å². The highest BCUT2D eigenvalue weighted by molar-refractivity contribution is 7.47. The second-order valence-corrected chi connectivity index (χ2v) is 18.7. The summed E-state index contributed by atoms with van der Waals surface area (Å²) < 4.78 is 84.2. The van der Waals surface area contributed by atoms with Crippen molar-refractivity contribution in [1.29, 1.82) is 0 Å². The van der Waals surface area contributed by atoms with E-state index < -0.39 is 208 Å². The largest absolute Gasteiger partial charge is 0.477 e. The molecule has 4 aliphatic rings. The average molecular weight is 1060 g/mol. The molecule has 36 heteroatoms. The standard InChI is InChI=1S/C33H62N2O32P2/c34-1-3-57-68(53,54)66-13-5-33(52,32(50)51)65-24(12(42)8-38)26(13)62-30-21(49)27(20(48)23(60-30)11(41)7-37)63-31-28(64-29-19(47)15(43)16(44)22(59-29)10(40)6-36)18(46)17(45)25(61-31)14(9-39)67-69(55,56)58-4-2-35/h10-31,36-49,52H,1-9,34-35H2,(H,50,51)(H,53,54)(H,55,56)/t10-,11-,12+,13+,14-,15-,16-,17-,18-,19-,20+,21-,22+,23+,24+,25+,26+,27-,28-,29+,30+,31+,33+/m0/s1. The normalized spacial score (nSPS) is 42.4. The second kappa shape index (κ2) is 25.8. The Morgan fingerprint density at radius 3 is 1.58 bits per heavy atom. The van der Waals surface area contributed by atoms with E-state index in [1.807, 2.05) is 0 Å². The van der Waals surface area contributed by atoms with Crippen LogP contribution in [-0.2, 0) is 65.2 Å². The van der Waals surface area contributed by atoms with Gasteiger partial charge in [0.1, 0.15) is 116 Å². The molecule has 4 rings (SSSR count). The number of carboxylic acids is 1. The van der Waals surface area contributed by atoms with Crippen molar-refractivity contribution in [3.63, 3.8) is 0 Å². The lowest BCUT2D eigenvalue weighted by Crippen LogP contribution is -2.69. The Morgan fingerprint density at radius 2 is 1.06 bits per heavy atom. The van der Waals surface area contributed by atoms with Gasteiger partial charge in [0.25, 0.3) is 5.79 Å². The molecule has 34 nitrogen and oxygen atoms in total. The van der Waals surface area contributed by atoms with Gasteiger partial charge < -0.3 is 136 Å². The fourth-order valence-electron chi connectivity index (χ4n) is 7.53. The lowest BCUT2D eigenvalue weighted by atomic mass is 9.91. The zero-order valence-electron chi connectivity index (χ0n) is 35.9. The predicted octanol–water partition coefficient (Wildman–Crippen LogP) is -11.6. The summed E-state index contributed by atoms with van der Waals surface area (Å²) in [6.45, 7) is -6.93. The molecule has 69 heavy (non-hydrogen) atoms. The molecule has 25 atom stereocenters. The van der Waals surface area contributed by atoms with Gasteiger partial charge in [-0.2, -0.15) is 0 Å². The Kier molecular flexibility index (Phi) is 22.5. The maximum Gasteiger partial charge on any atom is 0.472 e. The SMILES string of the molecule is NCCOP(=O)(O)O[C@@H](CO)[C@H]1O[C@H](O[C@@H]2[C@H](O)[C@@H](O[C@H]3[C@@H]([C@H](O)CO)O[C@@](O)(C(=O)O)C[C@H]3OP(=O)(O)OCCN)O[C@H]([C@@H](O)CO)[C@H]2O)[C@@H](O[C@H]2O[C@H]([C@@H](O)CO)[C@@H](O)[C@H](O)[C@@H]2O)[C@@H](O)[C@@H]1O. The molecule has 0 aliphatic carbocycles. The average Bonchev–Trinajstić information content (AvgIpc) is 3.30. The van der Waals surface area contributed by atoms with Crippen molar-refractivity contribution in [3.05, 3.63) is 0 Å². The summed E-state index contributed by atoms with van der Waals surface area (Å²) in [7, 11) is -10.5. The van der Waals surface area contributed by atoms with Gasteiger partial charge in [0.05, 0.1) is 39.6 Å². The quantitative estimate of drug-likeness (QED) is 0.0378. The molecule has 0 bridgehead atoms. The van der Waals surface area contributed by atoms with Crippen LogP contribution in [0.4, 0.5) is 0 Å². The fraction of sp³-hybridized carbons (Fsp3) is 0.970. The first kappa shape index (κ1) is 60.3. The molecule has 0 aromatic heterocycles. The highest BCUT2D eigenvalue weighted by atomic mass is 31.2. The van der Waals surface area contributed by atoms with Crippen LogP contribution in [0, 0.1) is 0 Å². The Morgan fingerprint density at radius 1 is 0.594 bits per heavy atom. The first-order valence-corrected chi connectivity index (χ1v) is 23.8. The number of aliphatic hydroxyl groups is 15.